The van der Waals surface area contributed by atoms with Crippen molar-refractivity contribution in [3.05, 3.63) is 39.5 Å². The highest BCUT2D eigenvalue weighted by atomic mass is 32.2. The second kappa shape index (κ2) is 9.60. The molecule has 0 bridgehead atoms. The highest BCUT2D eigenvalue weighted by Crippen LogP contribution is 2.48. The summed E-state index contributed by atoms with van der Waals surface area (Å²) in [6.45, 7) is 1.52. The molecule has 0 spiro atoms. The summed E-state index contributed by atoms with van der Waals surface area (Å²) in [6, 6.07) is 5.46. The van der Waals surface area contributed by atoms with Gasteiger partial charge in [-0.3, -0.25) is 9.59 Å². The highest BCUT2D eigenvalue weighted by molar-refractivity contribution is 7.98. The molecule has 0 aromatic heterocycles. The zero-order valence-corrected chi connectivity index (χ0v) is 18.6. The van der Waals surface area contributed by atoms with Crippen LogP contribution in [0, 0.1) is 5.92 Å². The van der Waals surface area contributed by atoms with Crippen LogP contribution in [0.1, 0.15) is 49.3 Å². The fourth-order valence-corrected chi connectivity index (χ4v) is 5.60. The lowest BCUT2D eigenvalue weighted by atomic mass is 9.70. The van der Waals surface area contributed by atoms with Gasteiger partial charge in [0.2, 0.25) is 5.91 Å². The van der Waals surface area contributed by atoms with Crippen LogP contribution in [0.2, 0.25) is 0 Å². The molecule has 1 aromatic rings. The molecule has 6 nitrogen and oxygen atoms in total. The SMILES string of the molecule is COC1CC2CCC(NC(C)=O)c3cc(=O)c(SC)ccc3C2C(OC)C1OC. The number of hydrogen-bond donors (Lipinski definition) is 1. The minimum Gasteiger partial charge on any atom is -0.379 e. The van der Waals surface area contributed by atoms with E-state index in [1.54, 1.807) is 27.4 Å². The van der Waals surface area contributed by atoms with Gasteiger partial charge in [0.05, 0.1) is 23.1 Å². The molecule has 0 radical (unpaired) electrons. The summed E-state index contributed by atoms with van der Waals surface area (Å²) in [7, 11) is 5.10. The van der Waals surface area contributed by atoms with Crippen molar-refractivity contribution >= 4 is 17.7 Å². The smallest absolute Gasteiger partial charge is 0.217 e. The van der Waals surface area contributed by atoms with Crippen LogP contribution in [0.15, 0.2) is 27.9 Å². The van der Waals surface area contributed by atoms with E-state index in [2.05, 4.69) is 5.32 Å². The van der Waals surface area contributed by atoms with E-state index in [1.165, 1.54) is 18.7 Å². The molecule has 160 valence electrons. The molecule has 6 atom stereocenters. The van der Waals surface area contributed by atoms with Gasteiger partial charge >= 0.3 is 0 Å². The van der Waals surface area contributed by atoms with E-state index in [1.807, 2.05) is 18.4 Å². The van der Waals surface area contributed by atoms with E-state index in [4.69, 9.17) is 14.2 Å². The lowest BCUT2D eigenvalue weighted by Gasteiger charge is -2.45. The molecule has 2 aliphatic rings. The van der Waals surface area contributed by atoms with Crippen molar-refractivity contribution in [1.82, 2.24) is 5.32 Å². The predicted octanol–water partition coefficient (Wildman–Crippen LogP) is 2.89. The van der Waals surface area contributed by atoms with Gasteiger partial charge in [0, 0.05) is 34.2 Å². The maximum absolute atomic E-state index is 12.8. The minimum atomic E-state index is -0.200. The third kappa shape index (κ3) is 4.38. The highest BCUT2D eigenvalue weighted by Gasteiger charge is 2.48. The van der Waals surface area contributed by atoms with Gasteiger partial charge in [-0.1, -0.05) is 6.07 Å². The molecule has 1 aromatic carbocycles. The molecule has 0 aliphatic heterocycles. The average Bonchev–Trinajstić information content (AvgIpc) is 2.95. The molecule has 6 unspecified atom stereocenters. The molecule has 0 saturated heterocycles. The number of carbonyl (C=O) groups excluding carboxylic acids is 1. The Hall–Kier alpha value is -1.41. The van der Waals surface area contributed by atoms with Gasteiger partial charge < -0.3 is 19.5 Å². The van der Waals surface area contributed by atoms with Crippen molar-refractivity contribution in [2.75, 3.05) is 27.6 Å². The number of methoxy groups -OCH3 is 3. The number of carbonyl (C=O) groups is 1. The van der Waals surface area contributed by atoms with Gasteiger partial charge in [-0.25, -0.2) is 0 Å². The molecular weight excluding hydrogens is 390 g/mol. The van der Waals surface area contributed by atoms with Crippen molar-refractivity contribution in [1.29, 1.82) is 0 Å². The number of hydrogen-bond acceptors (Lipinski definition) is 6. The number of ether oxygens (including phenoxy) is 3. The van der Waals surface area contributed by atoms with Gasteiger partial charge in [-0.05, 0) is 54.7 Å². The Bertz CT molecular complexity index is 801. The van der Waals surface area contributed by atoms with Crippen molar-refractivity contribution in [3.63, 3.8) is 0 Å². The van der Waals surface area contributed by atoms with Crippen LogP contribution in [0.3, 0.4) is 0 Å². The van der Waals surface area contributed by atoms with Gasteiger partial charge in [0.1, 0.15) is 6.10 Å². The van der Waals surface area contributed by atoms with Gasteiger partial charge in [-0.2, -0.15) is 0 Å². The number of nitrogens with one attached hydrogen (secondary N) is 1. The fourth-order valence-electron chi connectivity index (χ4n) is 5.13. The zero-order chi connectivity index (χ0) is 21.1. The number of fused-ring (bicyclic) bond motifs is 3. The van der Waals surface area contributed by atoms with Crippen molar-refractivity contribution in [2.24, 2.45) is 5.92 Å². The summed E-state index contributed by atoms with van der Waals surface area (Å²) in [5.41, 5.74) is 1.94. The van der Waals surface area contributed by atoms with Crippen molar-refractivity contribution in [2.45, 2.75) is 61.4 Å². The topological polar surface area (TPSA) is 73.9 Å². The third-order valence-corrected chi connectivity index (χ3v) is 7.15. The Balaban J connectivity index is 2.20. The van der Waals surface area contributed by atoms with E-state index in [-0.39, 0.29) is 41.6 Å². The van der Waals surface area contributed by atoms with E-state index in [0.29, 0.717) is 10.8 Å². The Morgan fingerprint density at radius 3 is 2.38 bits per heavy atom. The minimum absolute atomic E-state index is 0.0182. The van der Waals surface area contributed by atoms with Gasteiger partial charge in [0.15, 0.2) is 5.43 Å². The summed E-state index contributed by atoms with van der Waals surface area (Å²) in [5, 5.41) is 3.06. The zero-order valence-electron chi connectivity index (χ0n) is 17.8. The van der Waals surface area contributed by atoms with Crippen LogP contribution in [0.5, 0.6) is 0 Å². The number of rotatable bonds is 5. The lowest BCUT2D eigenvalue weighted by molar-refractivity contribution is -0.150. The molecule has 1 amide bonds. The van der Waals surface area contributed by atoms with Crippen LogP contribution in [-0.4, -0.2) is 51.8 Å². The molecule has 3 rings (SSSR count). The third-order valence-electron chi connectivity index (χ3n) is 6.37. The van der Waals surface area contributed by atoms with Crippen LogP contribution < -0.4 is 10.7 Å². The summed E-state index contributed by atoms with van der Waals surface area (Å²) in [5.74, 6) is 0.276. The summed E-state index contributed by atoms with van der Waals surface area (Å²) in [6.07, 6.45) is 3.98. The summed E-state index contributed by atoms with van der Waals surface area (Å²) >= 11 is 1.44. The van der Waals surface area contributed by atoms with E-state index >= 15 is 0 Å². The Labute approximate surface area is 176 Å². The number of amides is 1. The summed E-state index contributed by atoms with van der Waals surface area (Å²) < 4.78 is 17.5. The monoisotopic (exact) mass is 421 g/mol. The molecule has 1 fully saturated rings. The van der Waals surface area contributed by atoms with Crippen LogP contribution in [0.4, 0.5) is 0 Å². The summed E-state index contributed by atoms with van der Waals surface area (Å²) in [4.78, 5) is 25.4. The molecule has 2 aliphatic carbocycles. The van der Waals surface area contributed by atoms with Crippen molar-refractivity contribution < 1.29 is 19.0 Å². The van der Waals surface area contributed by atoms with E-state index in [0.717, 1.165) is 30.4 Å². The molecule has 1 N–H and O–H groups in total. The first kappa shape index (κ1) is 22.3. The van der Waals surface area contributed by atoms with Crippen LogP contribution in [-0.2, 0) is 19.0 Å². The van der Waals surface area contributed by atoms with Crippen LogP contribution in [0.25, 0.3) is 0 Å². The first-order valence-electron chi connectivity index (χ1n) is 10.0. The normalized spacial score (nSPS) is 31.3. The van der Waals surface area contributed by atoms with E-state index in [9.17, 15) is 9.59 Å². The maximum atomic E-state index is 12.8. The average molecular weight is 422 g/mol. The standard InChI is InChI=1S/C22H31NO5S/c1-12(24)23-16-8-6-13-10-18(26-2)21(27-3)22(28-4)20(13)14-7-9-19(29-5)17(25)11-15(14)16/h7,9,11,13,16,18,20-22H,6,8,10H2,1-5H3,(H,23,24). The molecule has 29 heavy (non-hydrogen) atoms. The van der Waals surface area contributed by atoms with Gasteiger partial charge in [0.25, 0.3) is 0 Å². The second-order valence-electron chi connectivity index (χ2n) is 7.85. The lowest BCUT2D eigenvalue weighted by Crippen LogP contribution is -2.51. The second-order valence-corrected chi connectivity index (χ2v) is 8.70. The Kier molecular flexibility index (Phi) is 7.37. The largest absolute Gasteiger partial charge is 0.379 e. The number of thioether (sulfide) groups is 1. The van der Waals surface area contributed by atoms with E-state index < -0.39 is 0 Å². The Morgan fingerprint density at radius 2 is 1.79 bits per heavy atom. The molecule has 7 heteroatoms. The molecular formula is C22H31NO5S. The quantitative estimate of drug-likeness (QED) is 0.737. The predicted molar refractivity (Wildman–Crippen MR) is 114 cm³/mol. The fraction of sp³-hybridized carbons (Fsp3) is 0.636. The Morgan fingerprint density at radius 1 is 1.07 bits per heavy atom. The van der Waals surface area contributed by atoms with Crippen molar-refractivity contribution in [3.8, 4) is 0 Å². The molecule has 0 heterocycles. The molecule has 1 saturated carbocycles. The first-order chi connectivity index (χ1) is 13.9. The maximum Gasteiger partial charge on any atom is 0.217 e. The van der Waals surface area contributed by atoms with Crippen LogP contribution >= 0.6 is 11.8 Å². The first-order valence-corrected chi connectivity index (χ1v) is 11.2. The van der Waals surface area contributed by atoms with Gasteiger partial charge in [-0.15, -0.1) is 11.8 Å².